The van der Waals surface area contributed by atoms with Crippen LogP contribution in [0.5, 0.6) is 0 Å². The summed E-state index contributed by atoms with van der Waals surface area (Å²) in [5.74, 6) is 0.576. The molecule has 2 heterocycles. The summed E-state index contributed by atoms with van der Waals surface area (Å²) in [4.78, 5) is 14.5. The Labute approximate surface area is 146 Å². The standard InChI is InChI=1S/C17H20N2O5S/c1-18(2)25(21,22)14-5-6-15-12(10-14)8-9-19(15)17(20)16-7-4-13(24-16)11-23-3/h4-7,10H,8-9,11H2,1-3H3. The second kappa shape index (κ2) is 6.62. The summed E-state index contributed by atoms with van der Waals surface area (Å²) >= 11 is 0. The van der Waals surface area contributed by atoms with Gasteiger partial charge in [-0.25, -0.2) is 12.7 Å². The third kappa shape index (κ3) is 3.20. The Morgan fingerprint density at radius 2 is 2.04 bits per heavy atom. The molecule has 1 amide bonds. The van der Waals surface area contributed by atoms with Crippen LogP contribution in [0.15, 0.2) is 39.6 Å². The third-order valence-corrected chi connectivity index (χ3v) is 5.94. The number of furan rings is 1. The van der Waals surface area contributed by atoms with E-state index in [2.05, 4.69) is 0 Å². The lowest BCUT2D eigenvalue weighted by molar-refractivity contribution is 0.0954. The van der Waals surface area contributed by atoms with E-state index in [-0.39, 0.29) is 16.6 Å². The fraction of sp³-hybridized carbons (Fsp3) is 0.353. The maximum atomic E-state index is 12.7. The van der Waals surface area contributed by atoms with Crippen molar-refractivity contribution in [2.75, 3.05) is 32.6 Å². The molecule has 0 N–H and O–H groups in total. The first-order chi connectivity index (χ1) is 11.8. The van der Waals surface area contributed by atoms with E-state index in [9.17, 15) is 13.2 Å². The first-order valence-corrected chi connectivity index (χ1v) is 9.23. The molecule has 0 aliphatic carbocycles. The minimum Gasteiger partial charge on any atom is -0.453 e. The lowest BCUT2D eigenvalue weighted by Gasteiger charge is -2.17. The van der Waals surface area contributed by atoms with E-state index >= 15 is 0 Å². The van der Waals surface area contributed by atoms with Crippen LogP contribution in [0.4, 0.5) is 5.69 Å². The van der Waals surface area contributed by atoms with Crippen molar-refractivity contribution in [2.45, 2.75) is 17.9 Å². The Morgan fingerprint density at radius 3 is 2.72 bits per heavy atom. The maximum absolute atomic E-state index is 12.7. The summed E-state index contributed by atoms with van der Waals surface area (Å²) in [7, 11) is 1.05. The molecule has 134 valence electrons. The van der Waals surface area contributed by atoms with Crippen LogP contribution < -0.4 is 4.90 Å². The van der Waals surface area contributed by atoms with Crippen LogP contribution in [0.25, 0.3) is 0 Å². The SMILES string of the molecule is COCc1ccc(C(=O)N2CCc3cc(S(=O)(=O)N(C)C)ccc32)o1. The Bertz CT molecular complexity index is 902. The van der Waals surface area contributed by atoms with Crippen LogP contribution in [0.2, 0.25) is 0 Å². The van der Waals surface area contributed by atoms with E-state index in [1.165, 1.54) is 24.5 Å². The molecule has 0 radical (unpaired) electrons. The average molecular weight is 364 g/mol. The van der Waals surface area contributed by atoms with E-state index in [0.29, 0.717) is 31.0 Å². The number of fused-ring (bicyclic) bond motifs is 1. The highest BCUT2D eigenvalue weighted by atomic mass is 32.2. The highest BCUT2D eigenvalue weighted by Crippen LogP contribution is 2.32. The monoisotopic (exact) mass is 364 g/mol. The molecule has 0 unspecified atom stereocenters. The molecule has 7 nitrogen and oxygen atoms in total. The predicted octanol–water partition coefficient (Wildman–Crippen LogP) is 1.88. The third-order valence-electron chi connectivity index (χ3n) is 4.13. The number of benzene rings is 1. The van der Waals surface area contributed by atoms with Crippen molar-refractivity contribution < 1.29 is 22.4 Å². The Hall–Kier alpha value is -2.16. The molecular weight excluding hydrogens is 344 g/mol. The van der Waals surface area contributed by atoms with Gasteiger partial charge in [-0.3, -0.25) is 4.79 Å². The first-order valence-electron chi connectivity index (χ1n) is 7.79. The van der Waals surface area contributed by atoms with E-state index in [4.69, 9.17) is 9.15 Å². The van der Waals surface area contributed by atoms with Gasteiger partial charge in [-0.15, -0.1) is 0 Å². The van der Waals surface area contributed by atoms with Crippen molar-refractivity contribution in [3.8, 4) is 0 Å². The van der Waals surface area contributed by atoms with Crippen LogP contribution in [-0.4, -0.2) is 46.4 Å². The van der Waals surface area contributed by atoms with Gasteiger partial charge < -0.3 is 14.1 Å². The Balaban J connectivity index is 1.88. The molecule has 1 aromatic carbocycles. The summed E-state index contributed by atoms with van der Waals surface area (Å²) in [6, 6.07) is 8.17. The van der Waals surface area contributed by atoms with E-state index < -0.39 is 10.0 Å². The van der Waals surface area contributed by atoms with E-state index in [1.54, 1.807) is 36.3 Å². The van der Waals surface area contributed by atoms with Crippen LogP contribution in [0, 0.1) is 0 Å². The molecule has 25 heavy (non-hydrogen) atoms. The molecule has 1 aliphatic rings. The molecular formula is C17H20N2O5S. The summed E-state index contributed by atoms with van der Waals surface area (Å²) in [5, 5.41) is 0. The number of carbonyl (C=O) groups is 1. The Kier molecular flexibility index (Phi) is 4.68. The summed E-state index contributed by atoms with van der Waals surface area (Å²) in [6.07, 6.45) is 0.601. The first kappa shape index (κ1) is 17.7. The smallest absolute Gasteiger partial charge is 0.293 e. The molecule has 0 bridgehead atoms. The average Bonchev–Trinajstić information content (AvgIpc) is 3.20. The van der Waals surface area contributed by atoms with Crippen LogP contribution in [0.1, 0.15) is 21.9 Å². The van der Waals surface area contributed by atoms with Gasteiger partial charge in [0, 0.05) is 33.4 Å². The highest BCUT2D eigenvalue weighted by molar-refractivity contribution is 7.89. The van der Waals surface area contributed by atoms with E-state index in [1.807, 2.05) is 0 Å². The van der Waals surface area contributed by atoms with Gasteiger partial charge >= 0.3 is 0 Å². The van der Waals surface area contributed by atoms with Crippen molar-refractivity contribution in [2.24, 2.45) is 0 Å². The zero-order chi connectivity index (χ0) is 18.2. The van der Waals surface area contributed by atoms with Crippen molar-refractivity contribution in [3.63, 3.8) is 0 Å². The quantitative estimate of drug-likeness (QED) is 0.809. The van der Waals surface area contributed by atoms with Crippen molar-refractivity contribution in [3.05, 3.63) is 47.4 Å². The lowest BCUT2D eigenvalue weighted by Crippen LogP contribution is -2.28. The van der Waals surface area contributed by atoms with Gasteiger partial charge in [0.1, 0.15) is 12.4 Å². The van der Waals surface area contributed by atoms with Gasteiger partial charge in [-0.1, -0.05) is 0 Å². The molecule has 0 saturated carbocycles. The molecule has 1 aromatic heterocycles. The van der Waals surface area contributed by atoms with Crippen LogP contribution in [-0.2, 0) is 27.8 Å². The van der Waals surface area contributed by atoms with Gasteiger partial charge in [0.15, 0.2) is 5.76 Å². The number of nitrogens with zero attached hydrogens (tertiary/aromatic N) is 2. The molecule has 0 fully saturated rings. The molecule has 3 rings (SSSR count). The van der Waals surface area contributed by atoms with E-state index in [0.717, 1.165) is 5.56 Å². The summed E-state index contributed by atoms with van der Waals surface area (Å²) in [5.41, 5.74) is 1.55. The van der Waals surface area contributed by atoms with Gasteiger partial charge in [-0.2, -0.15) is 0 Å². The number of hydrogen-bond donors (Lipinski definition) is 0. The molecule has 8 heteroatoms. The second-order valence-corrected chi connectivity index (χ2v) is 8.14. The van der Waals surface area contributed by atoms with Crippen LogP contribution in [0.3, 0.4) is 0 Å². The molecule has 0 atom stereocenters. The number of amides is 1. The zero-order valence-electron chi connectivity index (χ0n) is 14.4. The van der Waals surface area contributed by atoms with Gasteiger partial charge in [0.2, 0.25) is 10.0 Å². The normalized spacial score (nSPS) is 14.2. The molecule has 2 aromatic rings. The zero-order valence-corrected chi connectivity index (χ0v) is 15.2. The second-order valence-electron chi connectivity index (χ2n) is 5.98. The van der Waals surface area contributed by atoms with Gasteiger partial charge in [0.25, 0.3) is 5.91 Å². The molecule has 1 aliphatic heterocycles. The highest BCUT2D eigenvalue weighted by Gasteiger charge is 2.29. The van der Waals surface area contributed by atoms with Crippen molar-refractivity contribution >= 4 is 21.6 Å². The number of hydrogen-bond acceptors (Lipinski definition) is 5. The van der Waals surface area contributed by atoms with Gasteiger partial charge in [-0.05, 0) is 42.3 Å². The molecule has 0 spiro atoms. The minimum atomic E-state index is -3.49. The number of rotatable bonds is 5. The largest absolute Gasteiger partial charge is 0.453 e. The minimum absolute atomic E-state index is 0.228. The maximum Gasteiger partial charge on any atom is 0.293 e. The van der Waals surface area contributed by atoms with Crippen molar-refractivity contribution in [1.29, 1.82) is 0 Å². The predicted molar refractivity (Wildman–Crippen MR) is 92.1 cm³/mol. The lowest BCUT2D eigenvalue weighted by atomic mass is 10.2. The summed E-state index contributed by atoms with van der Waals surface area (Å²) in [6.45, 7) is 0.787. The molecule has 0 saturated heterocycles. The number of anilines is 1. The number of sulfonamides is 1. The number of carbonyl (C=O) groups excluding carboxylic acids is 1. The fourth-order valence-corrected chi connectivity index (χ4v) is 3.76. The number of methoxy groups -OCH3 is 1. The Morgan fingerprint density at radius 1 is 1.28 bits per heavy atom. The summed E-state index contributed by atoms with van der Waals surface area (Å²) < 4.78 is 36.2. The number of ether oxygens (including phenoxy) is 1. The van der Waals surface area contributed by atoms with Crippen molar-refractivity contribution in [1.82, 2.24) is 4.31 Å². The van der Waals surface area contributed by atoms with Gasteiger partial charge in [0.05, 0.1) is 4.90 Å². The topological polar surface area (TPSA) is 80.1 Å². The fourth-order valence-electron chi connectivity index (χ4n) is 2.81. The van der Waals surface area contributed by atoms with Crippen LogP contribution >= 0.6 is 0 Å².